The maximum atomic E-state index is 12.6. The van der Waals surface area contributed by atoms with Gasteiger partial charge in [0.15, 0.2) is 0 Å². The highest BCUT2D eigenvalue weighted by Crippen LogP contribution is 2.36. The number of thiophene rings is 1. The number of thiazole rings is 1. The summed E-state index contributed by atoms with van der Waals surface area (Å²) in [5, 5.41) is 5.29. The minimum absolute atomic E-state index is 0.169. The fourth-order valence-electron chi connectivity index (χ4n) is 3.18. The lowest BCUT2D eigenvalue weighted by molar-refractivity contribution is -0.132. The number of hydrogen-bond acceptors (Lipinski definition) is 4. The Morgan fingerprint density at radius 1 is 1.30 bits per heavy atom. The first-order valence-corrected chi connectivity index (χ1v) is 9.73. The fraction of sp³-hybridized carbons (Fsp3) is 0.333. The summed E-state index contributed by atoms with van der Waals surface area (Å²) in [6.45, 7) is 0.864. The average Bonchev–Trinajstić information content (AvgIpc) is 3.31. The van der Waals surface area contributed by atoms with E-state index in [1.807, 2.05) is 23.1 Å². The number of amides is 1. The van der Waals surface area contributed by atoms with Crippen LogP contribution >= 0.6 is 22.7 Å². The van der Waals surface area contributed by atoms with Crippen LogP contribution in [-0.4, -0.2) is 22.3 Å². The lowest BCUT2D eigenvalue weighted by Gasteiger charge is -2.23. The van der Waals surface area contributed by atoms with Crippen molar-refractivity contribution in [1.82, 2.24) is 9.88 Å². The minimum Gasteiger partial charge on any atom is -0.333 e. The average molecular weight is 342 g/mol. The van der Waals surface area contributed by atoms with Gasteiger partial charge in [0.1, 0.15) is 5.01 Å². The van der Waals surface area contributed by atoms with Crippen LogP contribution in [0.2, 0.25) is 0 Å². The van der Waals surface area contributed by atoms with Crippen molar-refractivity contribution in [3.63, 3.8) is 0 Å². The van der Waals surface area contributed by atoms with Crippen LogP contribution in [-0.2, 0) is 11.2 Å². The van der Waals surface area contributed by atoms with Crippen LogP contribution in [0.25, 0.3) is 10.2 Å². The van der Waals surface area contributed by atoms with Gasteiger partial charge in [-0.25, -0.2) is 4.98 Å². The molecule has 0 unspecified atom stereocenters. The molecule has 118 valence electrons. The van der Waals surface area contributed by atoms with Gasteiger partial charge >= 0.3 is 0 Å². The van der Waals surface area contributed by atoms with E-state index in [-0.39, 0.29) is 11.9 Å². The zero-order chi connectivity index (χ0) is 15.6. The third-order valence-electron chi connectivity index (χ3n) is 4.38. The Labute approximate surface area is 143 Å². The summed E-state index contributed by atoms with van der Waals surface area (Å²) >= 11 is 3.42. The molecule has 1 saturated heterocycles. The Kier molecular flexibility index (Phi) is 4.14. The third kappa shape index (κ3) is 3.03. The van der Waals surface area contributed by atoms with E-state index >= 15 is 0 Å². The second kappa shape index (κ2) is 6.42. The van der Waals surface area contributed by atoms with Crippen molar-refractivity contribution in [1.29, 1.82) is 0 Å². The summed E-state index contributed by atoms with van der Waals surface area (Å²) in [5.41, 5.74) is 2.31. The van der Waals surface area contributed by atoms with Crippen molar-refractivity contribution in [3.8, 4) is 0 Å². The molecule has 4 rings (SSSR count). The summed E-state index contributed by atoms with van der Waals surface area (Å²) in [4.78, 5) is 19.5. The first-order valence-electron chi connectivity index (χ1n) is 7.97. The summed E-state index contributed by atoms with van der Waals surface area (Å²) in [6.07, 6.45) is 3.54. The number of aryl methyl sites for hydroxylation is 1. The predicted octanol–water partition coefficient (Wildman–Crippen LogP) is 4.65. The first-order chi connectivity index (χ1) is 11.3. The molecule has 1 fully saturated rings. The van der Waals surface area contributed by atoms with Gasteiger partial charge < -0.3 is 4.90 Å². The number of rotatable bonds is 4. The van der Waals surface area contributed by atoms with Crippen LogP contribution in [0.15, 0.2) is 41.1 Å². The molecule has 3 aromatic rings. The molecular formula is C18H18N2OS2. The zero-order valence-corrected chi connectivity index (χ0v) is 14.4. The number of aromatic nitrogens is 1. The van der Waals surface area contributed by atoms with Crippen molar-refractivity contribution in [2.24, 2.45) is 0 Å². The highest BCUT2D eigenvalue weighted by Gasteiger charge is 2.31. The summed E-state index contributed by atoms with van der Waals surface area (Å²) in [5.74, 6) is 0.262. The maximum absolute atomic E-state index is 12.6. The molecule has 0 saturated carbocycles. The van der Waals surface area contributed by atoms with Gasteiger partial charge in [-0.05, 0) is 53.8 Å². The number of benzene rings is 1. The molecule has 2 aromatic heterocycles. The molecule has 1 aliphatic heterocycles. The molecule has 0 bridgehead atoms. The maximum Gasteiger partial charge on any atom is 0.223 e. The van der Waals surface area contributed by atoms with Crippen molar-refractivity contribution >= 4 is 38.8 Å². The molecule has 5 heteroatoms. The van der Waals surface area contributed by atoms with E-state index in [9.17, 15) is 4.79 Å². The minimum atomic E-state index is 0.169. The van der Waals surface area contributed by atoms with Crippen LogP contribution in [0.4, 0.5) is 0 Å². The SMILES string of the molecule is O=C(CCc1ccsc1)N1CCC[C@@H]1c1nc2ccccc2s1. The summed E-state index contributed by atoms with van der Waals surface area (Å²) < 4.78 is 1.21. The van der Waals surface area contributed by atoms with Gasteiger partial charge in [0.25, 0.3) is 0 Å². The molecule has 23 heavy (non-hydrogen) atoms. The second-order valence-corrected chi connectivity index (χ2v) is 7.74. The van der Waals surface area contributed by atoms with Crippen LogP contribution in [0.5, 0.6) is 0 Å². The number of nitrogens with zero attached hydrogens (tertiary/aromatic N) is 2. The standard InChI is InChI=1S/C18H18N2OS2/c21-17(8-7-13-9-11-22-12-13)20-10-3-5-15(20)18-19-14-4-1-2-6-16(14)23-18/h1-2,4,6,9,11-12,15H,3,5,7-8,10H2/t15-/m1/s1. The van der Waals surface area contributed by atoms with Gasteiger partial charge in [-0.2, -0.15) is 11.3 Å². The number of carbonyl (C=O) groups excluding carboxylic acids is 1. The molecule has 0 radical (unpaired) electrons. The monoisotopic (exact) mass is 342 g/mol. The van der Waals surface area contributed by atoms with E-state index in [1.54, 1.807) is 22.7 Å². The molecule has 1 atom stereocenters. The van der Waals surface area contributed by atoms with E-state index in [2.05, 4.69) is 22.9 Å². The van der Waals surface area contributed by atoms with Crippen LogP contribution in [0.1, 0.15) is 35.9 Å². The Hall–Kier alpha value is -1.72. The van der Waals surface area contributed by atoms with Gasteiger partial charge in [0.2, 0.25) is 5.91 Å². The molecule has 0 spiro atoms. The van der Waals surface area contributed by atoms with E-state index < -0.39 is 0 Å². The largest absolute Gasteiger partial charge is 0.333 e. The Morgan fingerprint density at radius 2 is 2.22 bits per heavy atom. The molecule has 1 aromatic carbocycles. The van der Waals surface area contributed by atoms with Gasteiger partial charge in [0.05, 0.1) is 16.3 Å². The smallest absolute Gasteiger partial charge is 0.223 e. The fourth-order valence-corrected chi connectivity index (χ4v) is 5.00. The normalized spacial score (nSPS) is 17.9. The van der Waals surface area contributed by atoms with Crippen LogP contribution in [0.3, 0.4) is 0 Å². The molecular weight excluding hydrogens is 324 g/mol. The second-order valence-electron chi connectivity index (χ2n) is 5.90. The van der Waals surface area contributed by atoms with Gasteiger partial charge in [-0.1, -0.05) is 12.1 Å². The van der Waals surface area contributed by atoms with Gasteiger partial charge in [0, 0.05) is 13.0 Å². The van der Waals surface area contributed by atoms with Crippen molar-refractivity contribution in [2.45, 2.75) is 31.7 Å². The quantitative estimate of drug-likeness (QED) is 0.691. The zero-order valence-electron chi connectivity index (χ0n) is 12.8. The number of carbonyl (C=O) groups is 1. The lowest BCUT2D eigenvalue weighted by Crippen LogP contribution is -2.30. The summed E-state index contributed by atoms with van der Waals surface area (Å²) in [7, 11) is 0. The van der Waals surface area contributed by atoms with Crippen molar-refractivity contribution in [3.05, 3.63) is 51.7 Å². The van der Waals surface area contributed by atoms with E-state index in [1.165, 1.54) is 10.3 Å². The molecule has 0 N–H and O–H groups in total. The molecule has 1 aliphatic rings. The number of hydrogen-bond donors (Lipinski definition) is 0. The van der Waals surface area contributed by atoms with Crippen molar-refractivity contribution in [2.75, 3.05) is 6.54 Å². The highest BCUT2D eigenvalue weighted by atomic mass is 32.1. The lowest BCUT2D eigenvalue weighted by atomic mass is 10.1. The Morgan fingerprint density at radius 3 is 3.04 bits per heavy atom. The number of fused-ring (bicyclic) bond motifs is 1. The molecule has 3 heterocycles. The molecule has 0 aliphatic carbocycles. The van der Waals surface area contributed by atoms with Crippen molar-refractivity contribution < 1.29 is 4.79 Å². The van der Waals surface area contributed by atoms with Gasteiger partial charge in [-0.15, -0.1) is 11.3 Å². The molecule has 1 amide bonds. The van der Waals surface area contributed by atoms with E-state index in [0.29, 0.717) is 6.42 Å². The predicted molar refractivity (Wildman–Crippen MR) is 95.9 cm³/mol. The number of likely N-dealkylation sites (tertiary alicyclic amines) is 1. The van der Waals surface area contributed by atoms with E-state index in [0.717, 1.165) is 36.3 Å². The molecule has 3 nitrogen and oxygen atoms in total. The highest BCUT2D eigenvalue weighted by molar-refractivity contribution is 7.18. The van der Waals surface area contributed by atoms with Gasteiger partial charge in [-0.3, -0.25) is 4.79 Å². The first kappa shape index (κ1) is 14.8. The number of para-hydroxylation sites is 1. The Bertz CT molecular complexity index is 776. The van der Waals surface area contributed by atoms with Crippen LogP contribution < -0.4 is 0 Å². The summed E-state index contributed by atoms with van der Waals surface area (Å²) in [6, 6.07) is 10.5. The topological polar surface area (TPSA) is 33.2 Å². The third-order valence-corrected chi connectivity index (χ3v) is 6.25. The Balaban J connectivity index is 1.50. The van der Waals surface area contributed by atoms with E-state index in [4.69, 9.17) is 4.98 Å². The van der Waals surface area contributed by atoms with Crippen LogP contribution in [0, 0.1) is 0 Å².